The van der Waals surface area contributed by atoms with Gasteiger partial charge in [0.25, 0.3) is 0 Å². The second-order valence-corrected chi connectivity index (χ2v) is 3.91. The Kier molecular flexibility index (Phi) is 2.70. The van der Waals surface area contributed by atoms with Gasteiger partial charge in [-0.05, 0) is 18.2 Å². The number of carboxylic acid groups (broad SMARTS) is 1. The lowest BCUT2D eigenvalue weighted by Crippen LogP contribution is -2.40. The normalized spacial score (nSPS) is 18.3. The molecular weight excluding hydrogens is 232 g/mol. The Balaban J connectivity index is 2.26. The molecule has 3 N–H and O–H groups in total. The van der Waals surface area contributed by atoms with Crippen LogP contribution in [0.4, 0.5) is 11.4 Å². The Morgan fingerprint density at radius 3 is 2.88 bits per heavy atom. The van der Waals surface area contributed by atoms with Gasteiger partial charge in [-0.25, -0.2) is 0 Å². The molecule has 16 heavy (non-hydrogen) atoms. The molecule has 1 aromatic carbocycles. The van der Waals surface area contributed by atoms with Crippen molar-refractivity contribution in [2.24, 2.45) is 0 Å². The number of rotatable bonds is 2. The third kappa shape index (κ3) is 2.09. The number of nitrogens with one attached hydrogen (secondary N) is 2. The van der Waals surface area contributed by atoms with Gasteiger partial charge in [0.15, 0.2) is 0 Å². The van der Waals surface area contributed by atoms with Gasteiger partial charge in [-0.1, -0.05) is 11.6 Å². The fraction of sp³-hybridized carbons (Fsp3) is 0.200. The molecule has 84 valence electrons. The van der Waals surface area contributed by atoms with Crippen LogP contribution >= 0.6 is 11.6 Å². The Labute approximate surface area is 96.4 Å². The highest BCUT2D eigenvalue weighted by Crippen LogP contribution is 2.30. The number of amides is 1. The van der Waals surface area contributed by atoms with E-state index in [4.69, 9.17) is 16.7 Å². The van der Waals surface area contributed by atoms with Crippen molar-refractivity contribution in [2.75, 3.05) is 10.6 Å². The fourth-order valence-electron chi connectivity index (χ4n) is 1.54. The molecule has 0 saturated carbocycles. The minimum atomic E-state index is -1.03. The van der Waals surface area contributed by atoms with Crippen LogP contribution in [0, 0.1) is 0 Å². The predicted molar refractivity (Wildman–Crippen MR) is 59.7 cm³/mol. The van der Waals surface area contributed by atoms with Crippen molar-refractivity contribution < 1.29 is 14.7 Å². The molecule has 1 heterocycles. The van der Waals surface area contributed by atoms with Crippen LogP contribution in [0.15, 0.2) is 18.2 Å². The molecular formula is C10H9ClN2O3. The molecule has 0 aliphatic carbocycles. The topological polar surface area (TPSA) is 78.4 Å². The molecule has 0 radical (unpaired) electrons. The SMILES string of the molecule is O=C(O)C[C@H]1Nc2cc(Cl)ccc2NC1=O. The number of aliphatic carboxylic acids is 1. The highest BCUT2D eigenvalue weighted by atomic mass is 35.5. The minimum absolute atomic E-state index is 0.266. The molecule has 1 atom stereocenters. The summed E-state index contributed by atoms with van der Waals surface area (Å²) in [6, 6.07) is 4.20. The van der Waals surface area contributed by atoms with Gasteiger partial charge < -0.3 is 15.7 Å². The van der Waals surface area contributed by atoms with Gasteiger partial charge in [-0.3, -0.25) is 9.59 Å². The van der Waals surface area contributed by atoms with Crippen LogP contribution in [0.25, 0.3) is 0 Å². The van der Waals surface area contributed by atoms with Gasteiger partial charge in [0.2, 0.25) is 5.91 Å². The van der Waals surface area contributed by atoms with E-state index >= 15 is 0 Å². The Morgan fingerprint density at radius 2 is 2.19 bits per heavy atom. The maximum absolute atomic E-state index is 11.5. The molecule has 0 saturated heterocycles. The Bertz CT molecular complexity index is 461. The van der Waals surface area contributed by atoms with Crippen molar-refractivity contribution in [1.82, 2.24) is 0 Å². The van der Waals surface area contributed by atoms with Gasteiger partial charge >= 0.3 is 5.97 Å². The first-order chi connectivity index (χ1) is 7.56. The second kappa shape index (κ2) is 4.02. The first-order valence-corrected chi connectivity index (χ1v) is 5.03. The number of carbonyl (C=O) groups is 2. The van der Waals surface area contributed by atoms with Gasteiger partial charge in [0, 0.05) is 5.02 Å². The lowest BCUT2D eigenvalue weighted by molar-refractivity contribution is -0.138. The van der Waals surface area contributed by atoms with Crippen molar-refractivity contribution in [3.8, 4) is 0 Å². The Hall–Kier alpha value is -1.75. The van der Waals surface area contributed by atoms with Crippen LogP contribution < -0.4 is 10.6 Å². The number of hydrogen-bond acceptors (Lipinski definition) is 3. The molecule has 0 aromatic heterocycles. The number of anilines is 2. The molecule has 0 fully saturated rings. The minimum Gasteiger partial charge on any atom is -0.481 e. The van der Waals surface area contributed by atoms with E-state index in [0.717, 1.165) is 0 Å². The zero-order chi connectivity index (χ0) is 11.7. The van der Waals surface area contributed by atoms with E-state index in [2.05, 4.69) is 10.6 Å². The highest BCUT2D eigenvalue weighted by Gasteiger charge is 2.27. The van der Waals surface area contributed by atoms with E-state index in [-0.39, 0.29) is 12.3 Å². The summed E-state index contributed by atoms with van der Waals surface area (Å²) in [7, 11) is 0. The fourth-order valence-corrected chi connectivity index (χ4v) is 1.71. The van der Waals surface area contributed by atoms with Crippen molar-refractivity contribution >= 4 is 34.9 Å². The summed E-state index contributed by atoms with van der Waals surface area (Å²) in [6.07, 6.45) is -0.266. The maximum Gasteiger partial charge on any atom is 0.305 e. The summed E-state index contributed by atoms with van der Waals surface area (Å²) in [5.41, 5.74) is 1.24. The van der Waals surface area contributed by atoms with Crippen molar-refractivity contribution in [3.05, 3.63) is 23.2 Å². The van der Waals surface area contributed by atoms with E-state index in [0.29, 0.717) is 16.4 Å². The first-order valence-electron chi connectivity index (χ1n) is 4.65. The van der Waals surface area contributed by atoms with Gasteiger partial charge in [-0.15, -0.1) is 0 Å². The smallest absolute Gasteiger partial charge is 0.305 e. The summed E-state index contributed by atoms with van der Waals surface area (Å²) in [4.78, 5) is 22.1. The maximum atomic E-state index is 11.5. The average Bonchev–Trinajstić information content (AvgIpc) is 2.19. The van der Waals surface area contributed by atoms with Crippen molar-refractivity contribution in [3.63, 3.8) is 0 Å². The van der Waals surface area contributed by atoms with Crippen LogP contribution in [0.2, 0.25) is 5.02 Å². The van der Waals surface area contributed by atoms with Crippen LogP contribution in [-0.2, 0) is 9.59 Å². The standard InChI is InChI=1S/C10H9ClN2O3/c11-5-1-2-6-7(3-5)12-8(4-9(14)15)10(16)13-6/h1-3,8,12H,4H2,(H,13,16)(H,14,15)/t8-/m1/s1. The van der Waals surface area contributed by atoms with Crippen LogP contribution in [-0.4, -0.2) is 23.0 Å². The average molecular weight is 241 g/mol. The largest absolute Gasteiger partial charge is 0.481 e. The van der Waals surface area contributed by atoms with Crippen LogP contribution in [0.3, 0.4) is 0 Å². The molecule has 1 aliphatic heterocycles. The van der Waals surface area contributed by atoms with E-state index < -0.39 is 12.0 Å². The summed E-state index contributed by atoms with van der Waals surface area (Å²) >= 11 is 5.80. The number of hydrogen-bond donors (Lipinski definition) is 3. The Morgan fingerprint density at radius 1 is 1.44 bits per heavy atom. The van der Waals surface area contributed by atoms with Crippen molar-refractivity contribution in [2.45, 2.75) is 12.5 Å². The third-order valence-corrected chi connectivity index (χ3v) is 2.50. The number of benzene rings is 1. The summed E-state index contributed by atoms with van der Waals surface area (Å²) in [5, 5.41) is 14.6. The molecule has 1 aromatic rings. The van der Waals surface area contributed by atoms with Gasteiger partial charge in [-0.2, -0.15) is 0 Å². The van der Waals surface area contributed by atoms with Crippen LogP contribution in [0.5, 0.6) is 0 Å². The number of fused-ring (bicyclic) bond motifs is 1. The summed E-state index contributed by atoms with van der Waals surface area (Å²) < 4.78 is 0. The molecule has 0 bridgehead atoms. The quantitative estimate of drug-likeness (QED) is 0.733. The molecule has 2 rings (SSSR count). The zero-order valence-corrected chi connectivity index (χ0v) is 8.91. The second-order valence-electron chi connectivity index (χ2n) is 3.47. The highest BCUT2D eigenvalue weighted by molar-refractivity contribution is 6.31. The zero-order valence-electron chi connectivity index (χ0n) is 8.16. The molecule has 5 nitrogen and oxygen atoms in total. The first kappa shape index (κ1) is 10.8. The van der Waals surface area contributed by atoms with E-state index in [1.807, 2.05) is 0 Å². The monoisotopic (exact) mass is 240 g/mol. The number of halogens is 1. The molecule has 1 aliphatic rings. The predicted octanol–water partition coefficient (Wildman–Crippen LogP) is 1.55. The van der Waals surface area contributed by atoms with Gasteiger partial charge in [0.05, 0.1) is 17.8 Å². The van der Waals surface area contributed by atoms with Crippen molar-refractivity contribution in [1.29, 1.82) is 0 Å². The molecule has 0 unspecified atom stereocenters. The third-order valence-electron chi connectivity index (χ3n) is 2.26. The van der Waals surface area contributed by atoms with Gasteiger partial charge in [0.1, 0.15) is 6.04 Å². The number of carbonyl (C=O) groups excluding carboxylic acids is 1. The summed E-state index contributed by atoms with van der Waals surface area (Å²) in [6.45, 7) is 0. The molecule has 6 heteroatoms. The van der Waals surface area contributed by atoms with E-state index in [1.165, 1.54) is 0 Å². The van der Waals surface area contributed by atoms with E-state index in [1.54, 1.807) is 18.2 Å². The summed E-state index contributed by atoms with van der Waals surface area (Å²) in [5.74, 6) is -1.38. The lowest BCUT2D eigenvalue weighted by Gasteiger charge is -2.25. The molecule has 1 amide bonds. The van der Waals surface area contributed by atoms with Crippen LogP contribution in [0.1, 0.15) is 6.42 Å². The number of carboxylic acids is 1. The van der Waals surface area contributed by atoms with E-state index in [9.17, 15) is 9.59 Å². The lowest BCUT2D eigenvalue weighted by atomic mass is 10.1. The molecule has 0 spiro atoms.